The second-order valence-electron chi connectivity index (χ2n) is 6.68. The Morgan fingerprint density at radius 2 is 1.65 bits per heavy atom. The van der Waals surface area contributed by atoms with Gasteiger partial charge in [-0.1, -0.05) is 36.8 Å². The largest absolute Gasteiger partial charge is 0.387 e. The number of hydrogen-bond acceptors (Lipinski definition) is 2. The van der Waals surface area contributed by atoms with E-state index in [1.54, 1.807) is 0 Å². The van der Waals surface area contributed by atoms with E-state index in [-0.39, 0.29) is 6.04 Å². The van der Waals surface area contributed by atoms with Crippen molar-refractivity contribution in [2.24, 2.45) is 5.92 Å². The number of hydrogen-bond donors (Lipinski definition) is 1. The normalized spacial score (nSPS) is 26.5. The van der Waals surface area contributed by atoms with E-state index in [9.17, 15) is 5.11 Å². The molecule has 1 aliphatic carbocycles. The van der Waals surface area contributed by atoms with Gasteiger partial charge in [0, 0.05) is 12.1 Å². The fourth-order valence-corrected chi connectivity index (χ4v) is 3.25. The van der Waals surface area contributed by atoms with Gasteiger partial charge in [0.2, 0.25) is 0 Å². The molecule has 0 aromatic heterocycles. The van der Waals surface area contributed by atoms with Crippen LogP contribution in [0.5, 0.6) is 0 Å². The van der Waals surface area contributed by atoms with Crippen molar-refractivity contribution >= 4 is 0 Å². The lowest BCUT2D eigenvalue weighted by Crippen LogP contribution is -2.43. The highest BCUT2D eigenvalue weighted by atomic mass is 16.3. The second-order valence-corrected chi connectivity index (χ2v) is 6.68. The van der Waals surface area contributed by atoms with Gasteiger partial charge >= 0.3 is 0 Å². The number of aliphatic hydroxyl groups is 1. The lowest BCUT2D eigenvalue weighted by atomic mass is 9.86. The molecule has 2 atom stereocenters. The monoisotopic (exact) mass is 275 g/mol. The molecule has 2 nitrogen and oxygen atoms in total. The van der Waals surface area contributed by atoms with E-state index in [1.807, 2.05) is 12.1 Å². The highest BCUT2D eigenvalue weighted by Gasteiger charge is 2.28. The van der Waals surface area contributed by atoms with Crippen molar-refractivity contribution < 1.29 is 5.11 Å². The zero-order valence-corrected chi connectivity index (χ0v) is 13.3. The molecular weight excluding hydrogens is 246 g/mol. The van der Waals surface area contributed by atoms with Crippen molar-refractivity contribution in [1.29, 1.82) is 0 Å². The molecule has 1 aromatic carbocycles. The molecule has 1 aromatic rings. The van der Waals surface area contributed by atoms with E-state index in [0.717, 1.165) is 11.5 Å². The molecule has 112 valence electrons. The molecule has 1 N–H and O–H groups in total. The molecule has 2 heteroatoms. The Morgan fingerprint density at radius 3 is 2.20 bits per heavy atom. The third-order valence-electron chi connectivity index (χ3n) is 5.08. The molecule has 0 heterocycles. The Morgan fingerprint density at radius 1 is 1.10 bits per heavy atom. The van der Waals surface area contributed by atoms with Crippen LogP contribution < -0.4 is 0 Å². The van der Waals surface area contributed by atoms with Crippen molar-refractivity contribution in [3.63, 3.8) is 0 Å². The van der Waals surface area contributed by atoms with Crippen LogP contribution >= 0.6 is 0 Å². The van der Waals surface area contributed by atoms with Gasteiger partial charge < -0.3 is 5.11 Å². The Balaban J connectivity index is 1.98. The number of aryl methyl sites for hydroxylation is 1. The predicted molar refractivity (Wildman–Crippen MR) is 84.8 cm³/mol. The van der Waals surface area contributed by atoms with Gasteiger partial charge in [-0.25, -0.2) is 0 Å². The summed E-state index contributed by atoms with van der Waals surface area (Å²) in [6.45, 7) is 6.57. The van der Waals surface area contributed by atoms with E-state index in [0.29, 0.717) is 6.04 Å². The maximum absolute atomic E-state index is 10.6. The van der Waals surface area contributed by atoms with Crippen LogP contribution in [0.15, 0.2) is 24.3 Å². The fraction of sp³-hybridized carbons (Fsp3) is 0.667. The highest BCUT2D eigenvalue weighted by molar-refractivity contribution is 5.24. The number of likely N-dealkylation sites (N-methyl/N-ethyl adjacent to an activating group) is 1. The van der Waals surface area contributed by atoms with Crippen LogP contribution in [0.4, 0.5) is 0 Å². The Bertz CT molecular complexity index is 406. The first-order valence-corrected chi connectivity index (χ1v) is 7.95. The molecule has 0 saturated heterocycles. The standard InChI is InChI=1S/C18H29NO/c1-13-5-9-16(10-6-13)18(20)15(3)19(4)17-11-7-14(2)8-12-17/h5-6,9-10,14-15,17-18,20H,7-8,11-12H2,1-4H3. The summed E-state index contributed by atoms with van der Waals surface area (Å²) in [6, 6.07) is 9.04. The van der Waals surface area contributed by atoms with Crippen molar-refractivity contribution in [3.8, 4) is 0 Å². The zero-order chi connectivity index (χ0) is 14.7. The summed E-state index contributed by atoms with van der Waals surface area (Å²) in [4.78, 5) is 2.39. The average Bonchev–Trinajstić information content (AvgIpc) is 2.46. The molecule has 1 saturated carbocycles. The van der Waals surface area contributed by atoms with Crippen molar-refractivity contribution in [1.82, 2.24) is 4.90 Å². The molecule has 0 aliphatic heterocycles. The number of nitrogens with zero attached hydrogens (tertiary/aromatic N) is 1. The summed E-state index contributed by atoms with van der Waals surface area (Å²) in [5, 5.41) is 10.6. The molecule has 1 aliphatic rings. The fourth-order valence-electron chi connectivity index (χ4n) is 3.25. The molecule has 2 unspecified atom stereocenters. The topological polar surface area (TPSA) is 23.5 Å². The van der Waals surface area contributed by atoms with Crippen LogP contribution in [0.3, 0.4) is 0 Å². The first-order valence-electron chi connectivity index (χ1n) is 7.95. The predicted octanol–water partition coefficient (Wildman–Crippen LogP) is 3.93. The van der Waals surface area contributed by atoms with Crippen LogP contribution in [0.1, 0.15) is 56.8 Å². The first kappa shape index (κ1) is 15.5. The van der Waals surface area contributed by atoms with Gasteiger partial charge in [-0.05, 0) is 58.1 Å². The molecular formula is C18H29NO. The van der Waals surface area contributed by atoms with Crippen LogP contribution in [-0.2, 0) is 0 Å². The second kappa shape index (κ2) is 6.73. The smallest absolute Gasteiger partial charge is 0.0942 e. The summed E-state index contributed by atoms with van der Waals surface area (Å²) in [5.41, 5.74) is 2.27. The summed E-state index contributed by atoms with van der Waals surface area (Å²) in [5.74, 6) is 0.872. The zero-order valence-electron chi connectivity index (χ0n) is 13.3. The van der Waals surface area contributed by atoms with E-state index < -0.39 is 6.10 Å². The highest BCUT2D eigenvalue weighted by Crippen LogP contribution is 2.30. The molecule has 0 spiro atoms. The molecule has 2 rings (SSSR count). The van der Waals surface area contributed by atoms with Crippen molar-refractivity contribution in [2.75, 3.05) is 7.05 Å². The van der Waals surface area contributed by atoms with E-state index in [2.05, 4.69) is 44.9 Å². The maximum Gasteiger partial charge on any atom is 0.0942 e. The molecule has 0 amide bonds. The van der Waals surface area contributed by atoms with Crippen LogP contribution in [0, 0.1) is 12.8 Å². The third-order valence-corrected chi connectivity index (χ3v) is 5.08. The van der Waals surface area contributed by atoms with Gasteiger partial charge in [0.25, 0.3) is 0 Å². The van der Waals surface area contributed by atoms with E-state index in [1.165, 1.54) is 31.2 Å². The van der Waals surface area contributed by atoms with Gasteiger partial charge in [-0.2, -0.15) is 0 Å². The lowest BCUT2D eigenvalue weighted by Gasteiger charge is -2.39. The van der Waals surface area contributed by atoms with Gasteiger partial charge in [-0.15, -0.1) is 0 Å². The summed E-state index contributed by atoms with van der Waals surface area (Å²) in [7, 11) is 2.17. The molecule has 1 fully saturated rings. The van der Waals surface area contributed by atoms with Crippen LogP contribution in [0.25, 0.3) is 0 Å². The minimum Gasteiger partial charge on any atom is -0.387 e. The number of benzene rings is 1. The lowest BCUT2D eigenvalue weighted by molar-refractivity contribution is 0.0348. The Kier molecular flexibility index (Phi) is 5.22. The molecule has 20 heavy (non-hydrogen) atoms. The molecule has 0 radical (unpaired) electrons. The van der Waals surface area contributed by atoms with E-state index >= 15 is 0 Å². The quantitative estimate of drug-likeness (QED) is 0.900. The Hall–Kier alpha value is -0.860. The summed E-state index contributed by atoms with van der Waals surface area (Å²) < 4.78 is 0. The van der Waals surface area contributed by atoms with Crippen LogP contribution in [0.2, 0.25) is 0 Å². The summed E-state index contributed by atoms with van der Waals surface area (Å²) >= 11 is 0. The third kappa shape index (κ3) is 3.62. The number of rotatable bonds is 4. The van der Waals surface area contributed by atoms with Crippen molar-refractivity contribution in [2.45, 2.75) is 64.6 Å². The van der Waals surface area contributed by atoms with Gasteiger partial charge in [-0.3, -0.25) is 4.90 Å². The molecule has 0 bridgehead atoms. The number of aliphatic hydroxyl groups excluding tert-OH is 1. The van der Waals surface area contributed by atoms with Gasteiger partial charge in [0.15, 0.2) is 0 Å². The Labute approximate surface area is 123 Å². The maximum atomic E-state index is 10.6. The minimum absolute atomic E-state index is 0.163. The summed E-state index contributed by atoms with van der Waals surface area (Å²) in [6.07, 6.45) is 4.77. The van der Waals surface area contributed by atoms with Gasteiger partial charge in [0.05, 0.1) is 6.10 Å². The average molecular weight is 275 g/mol. The minimum atomic E-state index is -0.403. The van der Waals surface area contributed by atoms with Crippen LogP contribution in [-0.4, -0.2) is 29.1 Å². The SMILES string of the molecule is Cc1ccc(C(O)C(C)N(C)C2CCC(C)CC2)cc1. The van der Waals surface area contributed by atoms with Crippen molar-refractivity contribution in [3.05, 3.63) is 35.4 Å². The first-order chi connectivity index (χ1) is 9.49. The van der Waals surface area contributed by atoms with Gasteiger partial charge in [0.1, 0.15) is 0 Å². The van der Waals surface area contributed by atoms with E-state index in [4.69, 9.17) is 0 Å².